The molecule has 26 heavy (non-hydrogen) atoms. The maximum atomic E-state index is 12.9. The van der Waals surface area contributed by atoms with Crippen molar-refractivity contribution in [3.8, 4) is 0 Å². The van der Waals surface area contributed by atoms with E-state index in [0.29, 0.717) is 6.42 Å². The summed E-state index contributed by atoms with van der Waals surface area (Å²) in [7, 11) is 0. The fraction of sp³-hybridized carbons (Fsp3) is 0.316. The number of benzene rings is 2. The maximum Gasteiger partial charge on any atom is 0.416 e. The lowest BCUT2D eigenvalue weighted by Crippen LogP contribution is -2.16. The van der Waals surface area contributed by atoms with Gasteiger partial charge in [0.1, 0.15) is 0 Å². The van der Waals surface area contributed by atoms with Gasteiger partial charge in [-0.05, 0) is 30.2 Å². The Morgan fingerprint density at radius 3 is 1.96 bits per heavy atom. The third-order valence-corrected chi connectivity index (χ3v) is 3.98. The molecule has 0 saturated heterocycles. The molecular weight excluding hydrogens is 358 g/mol. The van der Waals surface area contributed by atoms with Crippen molar-refractivity contribution >= 4 is 5.78 Å². The molecule has 2 rings (SSSR count). The number of rotatable bonds is 5. The highest BCUT2D eigenvalue weighted by molar-refractivity contribution is 6.01. The fourth-order valence-electron chi connectivity index (χ4n) is 2.72. The molecule has 0 radical (unpaired) electrons. The Balaban J connectivity index is 2.43. The smallest absolute Gasteiger partial charge is 0.293 e. The second-order valence-electron chi connectivity index (χ2n) is 5.91. The van der Waals surface area contributed by atoms with Crippen molar-refractivity contribution < 1.29 is 31.1 Å². The molecule has 0 N–H and O–H groups in total. The highest BCUT2D eigenvalue weighted by Crippen LogP contribution is 2.34. The van der Waals surface area contributed by atoms with Gasteiger partial charge in [-0.25, -0.2) is 0 Å². The van der Waals surface area contributed by atoms with E-state index in [0.717, 1.165) is 30.3 Å². The van der Waals surface area contributed by atoms with Crippen LogP contribution in [0, 0.1) is 0 Å². The summed E-state index contributed by atoms with van der Waals surface area (Å²) in [6, 6.07) is 8.29. The quantitative estimate of drug-likeness (QED) is 0.432. The van der Waals surface area contributed by atoms with Crippen LogP contribution in [0.5, 0.6) is 0 Å². The number of alkyl halides is 6. The van der Waals surface area contributed by atoms with E-state index in [2.05, 4.69) is 0 Å². The molecule has 0 aliphatic rings. The van der Waals surface area contributed by atoms with Crippen LogP contribution >= 0.6 is 0 Å². The van der Waals surface area contributed by atoms with Gasteiger partial charge in [-0.1, -0.05) is 43.7 Å². The van der Waals surface area contributed by atoms with E-state index in [1.54, 1.807) is 6.92 Å². The molecule has 0 aliphatic heterocycles. The third-order valence-electron chi connectivity index (χ3n) is 3.98. The Morgan fingerprint density at radius 1 is 0.885 bits per heavy atom. The minimum absolute atomic E-state index is 0.143. The molecule has 0 aromatic heterocycles. The van der Waals surface area contributed by atoms with Gasteiger partial charge in [-0.15, -0.1) is 0 Å². The number of Topliss-reactive ketones (excluding diaryl/α,β-unsaturated/α-hetero) is 1. The molecule has 0 unspecified atom stereocenters. The molecule has 0 bridgehead atoms. The summed E-state index contributed by atoms with van der Waals surface area (Å²) < 4.78 is 77.3. The molecule has 140 valence electrons. The summed E-state index contributed by atoms with van der Waals surface area (Å²) in [5, 5.41) is 0. The van der Waals surface area contributed by atoms with Gasteiger partial charge in [0.25, 0.3) is 0 Å². The van der Waals surface area contributed by atoms with Crippen molar-refractivity contribution in [3.05, 3.63) is 70.8 Å². The van der Waals surface area contributed by atoms with E-state index in [1.807, 2.05) is 0 Å². The number of hydrogen-bond donors (Lipinski definition) is 0. The van der Waals surface area contributed by atoms with E-state index in [4.69, 9.17) is 0 Å². The van der Waals surface area contributed by atoms with Crippen LogP contribution in [0.3, 0.4) is 0 Å². The molecule has 2 aromatic carbocycles. The summed E-state index contributed by atoms with van der Waals surface area (Å²) in [5.74, 6) is -1.57. The first kappa shape index (κ1) is 20.0. The van der Waals surface area contributed by atoms with Crippen molar-refractivity contribution in [2.75, 3.05) is 0 Å². The molecule has 0 fully saturated rings. The van der Waals surface area contributed by atoms with E-state index >= 15 is 0 Å². The van der Waals surface area contributed by atoms with Crippen LogP contribution in [0.1, 0.15) is 52.7 Å². The van der Waals surface area contributed by atoms with E-state index in [9.17, 15) is 31.1 Å². The maximum absolute atomic E-state index is 12.9. The highest BCUT2D eigenvalue weighted by Gasteiger charge is 2.33. The van der Waals surface area contributed by atoms with Gasteiger partial charge in [0.2, 0.25) is 0 Å². The fourth-order valence-corrected chi connectivity index (χ4v) is 2.72. The minimum atomic E-state index is -4.60. The molecule has 0 amide bonds. The van der Waals surface area contributed by atoms with Crippen LogP contribution < -0.4 is 0 Å². The molecule has 1 nitrogen and oxygen atoms in total. The first-order valence-corrected chi connectivity index (χ1v) is 7.92. The molecule has 1 atom stereocenters. The van der Waals surface area contributed by atoms with Gasteiger partial charge in [0, 0.05) is 11.5 Å². The molecule has 7 heteroatoms. The van der Waals surface area contributed by atoms with Crippen LogP contribution in [0.15, 0.2) is 48.5 Å². The average molecular weight is 374 g/mol. The van der Waals surface area contributed by atoms with E-state index < -0.39 is 35.2 Å². The van der Waals surface area contributed by atoms with Gasteiger partial charge < -0.3 is 0 Å². The van der Waals surface area contributed by atoms with Crippen molar-refractivity contribution in [1.82, 2.24) is 0 Å². The first-order chi connectivity index (χ1) is 12.0. The summed E-state index contributed by atoms with van der Waals surface area (Å²) in [6.07, 6.45) is -8.44. The van der Waals surface area contributed by atoms with Crippen molar-refractivity contribution in [1.29, 1.82) is 0 Å². The molecule has 0 heterocycles. The lowest BCUT2D eigenvalue weighted by molar-refractivity contribution is -0.138. The largest absolute Gasteiger partial charge is 0.416 e. The highest BCUT2D eigenvalue weighted by atomic mass is 19.4. The predicted molar refractivity (Wildman–Crippen MR) is 84.9 cm³/mol. The van der Waals surface area contributed by atoms with Gasteiger partial charge in [0.05, 0.1) is 11.1 Å². The monoisotopic (exact) mass is 374 g/mol. The zero-order valence-corrected chi connectivity index (χ0v) is 13.8. The van der Waals surface area contributed by atoms with Crippen molar-refractivity contribution in [2.45, 2.75) is 38.0 Å². The second-order valence-corrected chi connectivity index (χ2v) is 5.91. The number of ketones is 1. The molecule has 0 aliphatic carbocycles. The zero-order chi connectivity index (χ0) is 19.5. The van der Waals surface area contributed by atoms with Crippen LogP contribution in [-0.2, 0) is 12.4 Å². The molecule has 0 spiro atoms. The summed E-state index contributed by atoms with van der Waals surface area (Å²) in [6.45, 7) is 1.75. The third kappa shape index (κ3) is 4.65. The Labute approximate surface area is 146 Å². The van der Waals surface area contributed by atoms with Crippen LogP contribution in [0.25, 0.3) is 0 Å². The van der Waals surface area contributed by atoms with E-state index in [1.165, 1.54) is 18.2 Å². The number of carbonyl (C=O) groups is 1. The molecular formula is C19H16F6O. The Kier molecular flexibility index (Phi) is 5.78. The normalized spacial score (nSPS) is 13.5. The number of halogens is 6. The van der Waals surface area contributed by atoms with Gasteiger partial charge in [-0.2, -0.15) is 26.3 Å². The van der Waals surface area contributed by atoms with Gasteiger partial charge >= 0.3 is 12.4 Å². The van der Waals surface area contributed by atoms with E-state index in [-0.39, 0.29) is 17.5 Å². The second kappa shape index (κ2) is 7.51. The Morgan fingerprint density at radius 2 is 1.42 bits per heavy atom. The Hall–Kier alpha value is -2.31. The minimum Gasteiger partial charge on any atom is -0.293 e. The van der Waals surface area contributed by atoms with Crippen molar-refractivity contribution in [3.63, 3.8) is 0 Å². The summed E-state index contributed by atoms with van der Waals surface area (Å²) in [5.41, 5.74) is -1.89. The van der Waals surface area contributed by atoms with Crippen LogP contribution in [0.4, 0.5) is 26.3 Å². The number of hydrogen-bond acceptors (Lipinski definition) is 1. The topological polar surface area (TPSA) is 17.1 Å². The SMILES string of the molecule is CCC[C@@H](C(=O)c1cccc(C(F)(F)F)c1)c1cccc(C(F)(F)F)c1. The lowest BCUT2D eigenvalue weighted by atomic mass is 9.86. The van der Waals surface area contributed by atoms with Gasteiger partial charge in [0.15, 0.2) is 5.78 Å². The molecule has 0 saturated carbocycles. The van der Waals surface area contributed by atoms with Crippen LogP contribution in [-0.4, -0.2) is 5.78 Å². The lowest BCUT2D eigenvalue weighted by Gasteiger charge is -2.18. The van der Waals surface area contributed by atoms with Gasteiger partial charge in [-0.3, -0.25) is 4.79 Å². The van der Waals surface area contributed by atoms with Crippen LogP contribution in [0.2, 0.25) is 0 Å². The Bertz CT molecular complexity index is 776. The predicted octanol–water partition coefficient (Wildman–Crippen LogP) is 6.49. The zero-order valence-electron chi connectivity index (χ0n) is 13.8. The van der Waals surface area contributed by atoms with Crippen molar-refractivity contribution in [2.24, 2.45) is 0 Å². The first-order valence-electron chi connectivity index (χ1n) is 7.92. The summed E-state index contributed by atoms with van der Waals surface area (Å²) >= 11 is 0. The molecule has 2 aromatic rings. The number of carbonyl (C=O) groups excluding carboxylic acids is 1. The average Bonchev–Trinajstić information content (AvgIpc) is 2.58. The summed E-state index contributed by atoms with van der Waals surface area (Å²) in [4.78, 5) is 12.7. The standard InChI is InChI=1S/C19H16F6O/c1-2-5-16(12-6-3-8-14(10-12)18(20,21)22)17(26)13-7-4-9-15(11-13)19(23,24)25/h3-4,6-11,16H,2,5H2,1H3/t16-/m1/s1.